The quantitative estimate of drug-likeness (QED) is 0.167. The molecule has 0 atom stereocenters. The molecule has 0 aliphatic heterocycles. The van der Waals surface area contributed by atoms with E-state index < -0.39 is 0 Å². The number of benzene rings is 9. The first-order chi connectivity index (χ1) is 25.1. The molecule has 0 nitrogen and oxygen atoms in total. The van der Waals surface area contributed by atoms with Gasteiger partial charge in [-0.25, -0.2) is 0 Å². The molecular formula is C51H36. The molecule has 240 valence electrons. The van der Waals surface area contributed by atoms with Crippen molar-refractivity contribution in [1.29, 1.82) is 0 Å². The van der Waals surface area contributed by atoms with Gasteiger partial charge in [0.1, 0.15) is 0 Å². The van der Waals surface area contributed by atoms with Crippen LogP contribution in [-0.4, -0.2) is 0 Å². The maximum atomic E-state index is 2.41. The zero-order valence-corrected chi connectivity index (χ0v) is 28.8. The van der Waals surface area contributed by atoms with E-state index in [1.165, 1.54) is 99.1 Å². The third-order valence-corrected chi connectivity index (χ3v) is 11.3. The molecule has 10 rings (SSSR count). The standard InChI is InChI=1S/C51H36/c1-51(2)47-22-12-11-16-40(47)41-30-29-37(32-48(41)51)34-23-26-35(27-24-34)49-43-18-7-9-20-45(43)50(46-21-10-8-19-44(46)49)42-17-6-5-15-39(42)38-28-25-33-13-3-4-14-36(33)31-38/h3-32H,1-2H3. The van der Waals surface area contributed by atoms with E-state index in [4.69, 9.17) is 0 Å². The summed E-state index contributed by atoms with van der Waals surface area (Å²) in [4.78, 5) is 0. The van der Waals surface area contributed by atoms with Gasteiger partial charge in [0.15, 0.2) is 0 Å². The van der Waals surface area contributed by atoms with E-state index in [0.717, 1.165) is 0 Å². The molecule has 9 aromatic carbocycles. The normalized spacial score (nSPS) is 13.1. The third kappa shape index (κ3) is 4.60. The molecule has 9 aromatic rings. The molecule has 51 heavy (non-hydrogen) atoms. The van der Waals surface area contributed by atoms with Crippen LogP contribution in [0.25, 0.3) is 88.0 Å². The molecule has 0 bridgehead atoms. The highest BCUT2D eigenvalue weighted by Gasteiger charge is 2.35. The highest BCUT2D eigenvalue weighted by molar-refractivity contribution is 6.22. The largest absolute Gasteiger partial charge is 0.0619 e. The van der Waals surface area contributed by atoms with Gasteiger partial charge < -0.3 is 0 Å². The van der Waals surface area contributed by atoms with E-state index in [1.54, 1.807) is 0 Å². The minimum Gasteiger partial charge on any atom is -0.0619 e. The van der Waals surface area contributed by atoms with Gasteiger partial charge in [0, 0.05) is 5.41 Å². The third-order valence-electron chi connectivity index (χ3n) is 11.3. The van der Waals surface area contributed by atoms with Crippen molar-refractivity contribution in [2.75, 3.05) is 0 Å². The molecule has 0 amide bonds. The second-order valence-electron chi connectivity index (χ2n) is 14.5. The lowest BCUT2D eigenvalue weighted by atomic mass is 9.81. The van der Waals surface area contributed by atoms with Crippen LogP contribution in [0, 0.1) is 0 Å². The average Bonchev–Trinajstić information content (AvgIpc) is 3.42. The number of hydrogen-bond donors (Lipinski definition) is 0. The van der Waals surface area contributed by atoms with Crippen molar-refractivity contribution in [3.8, 4) is 55.6 Å². The van der Waals surface area contributed by atoms with Gasteiger partial charge >= 0.3 is 0 Å². The summed E-state index contributed by atoms with van der Waals surface area (Å²) in [6.45, 7) is 4.70. The van der Waals surface area contributed by atoms with Crippen LogP contribution < -0.4 is 0 Å². The van der Waals surface area contributed by atoms with Crippen LogP contribution in [0.15, 0.2) is 182 Å². The van der Waals surface area contributed by atoms with E-state index in [2.05, 4.69) is 196 Å². The van der Waals surface area contributed by atoms with Crippen LogP contribution in [0.1, 0.15) is 25.0 Å². The molecule has 0 saturated heterocycles. The van der Waals surface area contributed by atoms with E-state index in [-0.39, 0.29) is 5.41 Å². The summed E-state index contributed by atoms with van der Waals surface area (Å²) in [5, 5.41) is 7.59. The van der Waals surface area contributed by atoms with Crippen LogP contribution in [0.4, 0.5) is 0 Å². The summed E-state index contributed by atoms with van der Waals surface area (Å²) in [6, 6.07) is 67.4. The van der Waals surface area contributed by atoms with Crippen molar-refractivity contribution in [2.45, 2.75) is 19.3 Å². The first-order valence-corrected chi connectivity index (χ1v) is 17.9. The molecule has 0 N–H and O–H groups in total. The Kier molecular flexibility index (Phi) is 6.63. The van der Waals surface area contributed by atoms with Gasteiger partial charge in [0.25, 0.3) is 0 Å². The number of rotatable bonds is 4. The lowest BCUT2D eigenvalue weighted by Gasteiger charge is -2.22. The average molecular weight is 649 g/mol. The zero-order valence-electron chi connectivity index (χ0n) is 28.8. The van der Waals surface area contributed by atoms with Crippen molar-refractivity contribution in [1.82, 2.24) is 0 Å². The Morgan fingerprint density at radius 2 is 0.784 bits per heavy atom. The molecule has 0 heterocycles. The Bertz CT molecular complexity index is 2760. The van der Waals surface area contributed by atoms with Crippen molar-refractivity contribution < 1.29 is 0 Å². The summed E-state index contributed by atoms with van der Waals surface area (Å²) >= 11 is 0. The van der Waals surface area contributed by atoms with Crippen LogP contribution in [-0.2, 0) is 5.41 Å². The molecule has 0 fully saturated rings. The second kappa shape index (κ2) is 11.4. The molecule has 0 aromatic heterocycles. The predicted molar refractivity (Wildman–Crippen MR) is 218 cm³/mol. The van der Waals surface area contributed by atoms with Crippen molar-refractivity contribution >= 4 is 32.3 Å². The predicted octanol–water partition coefficient (Wildman–Crippen LogP) is 14.1. The van der Waals surface area contributed by atoms with Crippen molar-refractivity contribution in [3.63, 3.8) is 0 Å². The molecule has 1 aliphatic rings. The molecule has 0 spiro atoms. The Morgan fingerprint density at radius 1 is 0.294 bits per heavy atom. The topological polar surface area (TPSA) is 0 Å². The zero-order chi connectivity index (χ0) is 34.1. The van der Waals surface area contributed by atoms with Gasteiger partial charge in [0.05, 0.1) is 0 Å². The Balaban J connectivity index is 1.12. The monoisotopic (exact) mass is 648 g/mol. The smallest absolute Gasteiger partial charge is 0.0159 e. The Labute approximate surface area is 299 Å². The van der Waals surface area contributed by atoms with E-state index >= 15 is 0 Å². The van der Waals surface area contributed by atoms with Crippen LogP contribution in [0.2, 0.25) is 0 Å². The minimum atomic E-state index is -0.0195. The van der Waals surface area contributed by atoms with Gasteiger partial charge in [0.2, 0.25) is 0 Å². The maximum absolute atomic E-state index is 2.41. The molecule has 0 radical (unpaired) electrons. The summed E-state index contributed by atoms with van der Waals surface area (Å²) < 4.78 is 0. The van der Waals surface area contributed by atoms with Crippen LogP contribution in [0.5, 0.6) is 0 Å². The van der Waals surface area contributed by atoms with Crippen LogP contribution in [0.3, 0.4) is 0 Å². The fourth-order valence-electron chi connectivity index (χ4n) is 8.75. The van der Waals surface area contributed by atoms with Gasteiger partial charge in [-0.05, 0) is 111 Å². The van der Waals surface area contributed by atoms with E-state index in [0.29, 0.717) is 0 Å². The second-order valence-corrected chi connectivity index (χ2v) is 14.5. The molecule has 0 heteroatoms. The Hall–Kier alpha value is -6.24. The lowest BCUT2D eigenvalue weighted by molar-refractivity contribution is 0.660. The van der Waals surface area contributed by atoms with Crippen molar-refractivity contribution in [2.24, 2.45) is 0 Å². The highest BCUT2D eigenvalue weighted by atomic mass is 14.4. The minimum absolute atomic E-state index is 0.0195. The summed E-state index contributed by atoms with van der Waals surface area (Å²) in [5.41, 5.74) is 15.5. The molecular weight excluding hydrogens is 613 g/mol. The van der Waals surface area contributed by atoms with Crippen molar-refractivity contribution in [3.05, 3.63) is 193 Å². The van der Waals surface area contributed by atoms with Gasteiger partial charge in [-0.15, -0.1) is 0 Å². The molecule has 1 aliphatic carbocycles. The summed E-state index contributed by atoms with van der Waals surface area (Å²) in [6.07, 6.45) is 0. The van der Waals surface area contributed by atoms with Crippen LogP contribution >= 0.6 is 0 Å². The fourth-order valence-corrected chi connectivity index (χ4v) is 8.75. The highest BCUT2D eigenvalue weighted by Crippen LogP contribution is 2.50. The lowest BCUT2D eigenvalue weighted by Crippen LogP contribution is -2.14. The Morgan fingerprint density at radius 3 is 1.49 bits per heavy atom. The van der Waals surface area contributed by atoms with E-state index in [1.807, 2.05) is 0 Å². The first kappa shape index (κ1) is 29.7. The number of hydrogen-bond acceptors (Lipinski definition) is 0. The van der Waals surface area contributed by atoms with E-state index in [9.17, 15) is 0 Å². The van der Waals surface area contributed by atoms with Gasteiger partial charge in [-0.3, -0.25) is 0 Å². The fraction of sp³-hybridized carbons (Fsp3) is 0.0588. The molecule has 0 saturated carbocycles. The number of fused-ring (bicyclic) bond motifs is 6. The van der Waals surface area contributed by atoms with Gasteiger partial charge in [-0.2, -0.15) is 0 Å². The SMILES string of the molecule is CC1(C)c2ccccc2-c2ccc(-c3ccc(-c4c5ccccc5c(-c5ccccc5-c5ccc6ccccc6c5)c5ccccc45)cc3)cc21. The maximum Gasteiger partial charge on any atom is 0.0159 e. The van der Waals surface area contributed by atoms with Gasteiger partial charge in [-0.1, -0.05) is 184 Å². The summed E-state index contributed by atoms with van der Waals surface area (Å²) in [7, 11) is 0. The first-order valence-electron chi connectivity index (χ1n) is 17.9. The summed E-state index contributed by atoms with van der Waals surface area (Å²) in [5.74, 6) is 0. The molecule has 0 unspecified atom stereocenters.